The molecule has 0 spiro atoms. The third-order valence-electron chi connectivity index (χ3n) is 4.62. The Hall–Kier alpha value is -2.85. The van der Waals surface area contributed by atoms with Gasteiger partial charge in [-0.15, -0.1) is 0 Å². The van der Waals surface area contributed by atoms with Crippen LogP contribution in [-0.2, 0) is 54.1 Å². The van der Waals surface area contributed by atoms with Gasteiger partial charge in [-0.1, -0.05) is 30.3 Å². The van der Waals surface area contributed by atoms with E-state index in [-0.39, 0.29) is 13.2 Å². The predicted molar refractivity (Wildman–Crippen MR) is 141 cm³/mol. The number of hydrogen-bond donors (Lipinski definition) is 3. The van der Waals surface area contributed by atoms with Gasteiger partial charge in [0.25, 0.3) is 0 Å². The van der Waals surface area contributed by atoms with Crippen LogP contribution in [0.1, 0.15) is 5.56 Å². The van der Waals surface area contributed by atoms with Gasteiger partial charge in [0.1, 0.15) is 19.8 Å². The number of carbonyl (C=O) groups is 3. The fourth-order valence-electron chi connectivity index (χ4n) is 2.75. The Balaban J connectivity index is 1.70. The number of aliphatic carboxylic acids is 1. The molecule has 0 saturated heterocycles. The Morgan fingerprint density at radius 2 is 1.02 bits per heavy atom. The molecule has 14 nitrogen and oxygen atoms in total. The van der Waals surface area contributed by atoms with E-state index >= 15 is 0 Å². The molecule has 0 aliphatic carbocycles. The highest BCUT2D eigenvalue weighted by molar-refractivity contribution is 5.77. The molecule has 0 atom stereocenters. The van der Waals surface area contributed by atoms with Gasteiger partial charge in [0, 0.05) is 13.1 Å². The number of nitrogens with one attached hydrogen (secondary N) is 2. The number of ether oxygens (including phenoxy) is 8. The van der Waals surface area contributed by atoms with Crippen molar-refractivity contribution >= 4 is 18.0 Å². The summed E-state index contributed by atoms with van der Waals surface area (Å²) in [5.74, 6) is -1.53. The summed E-state index contributed by atoms with van der Waals surface area (Å²) in [5, 5.41) is 13.6. The summed E-state index contributed by atoms with van der Waals surface area (Å²) in [4.78, 5) is 33.2. The average Bonchev–Trinajstić information content (AvgIpc) is 2.95. The Bertz CT molecular complexity index is 769. The Kier molecular flexibility index (Phi) is 23.2. The second-order valence-electron chi connectivity index (χ2n) is 7.90. The third kappa shape index (κ3) is 24.2. The number of amides is 2. The first kappa shape index (κ1) is 35.2. The molecule has 0 bridgehead atoms. The largest absolute Gasteiger partial charge is 0.480 e. The number of rotatable bonds is 27. The molecule has 0 fully saturated rings. The van der Waals surface area contributed by atoms with Crippen molar-refractivity contribution in [3.05, 3.63) is 35.9 Å². The van der Waals surface area contributed by atoms with E-state index in [1.54, 1.807) is 0 Å². The van der Waals surface area contributed by atoms with Gasteiger partial charge in [-0.25, -0.2) is 9.59 Å². The van der Waals surface area contributed by atoms with Crippen LogP contribution < -0.4 is 10.6 Å². The number of carboxylic acid groups (broad SMARTS) is 1. The zero-order valence-corrected chi connectivity index (χ0v) is 22.8. The minimum atomic E-state index is -1.13. The molecule has 0 saturated carbocycles. The highest BCUT2D eigenvalue weighted by Crippen LogP contribution is 2.00. The summed E-state index contributed by atoms with van der Waals surface area (Å²) in [6, 6.07) is 9.45. The average molecular weight is 575 g/mol. The van der Waals surface area contributed by atoms with Crippen LogP contribution in [0.15, 0.2) is 30.3 Å². The smallest absolute Gasteiger partial charge is 0.407 e. The van der Waals surface area contributed by atoms with Gasteiger partial charge in [0.2, 0.25) is 5.91 Å². The SMILES string of the molecule is O=C(O)COCC(=O)NCCOCCOCCOCCOCCOCCOCCNC(=O)OCc1ccccc1. The van der Waals surface area contributed by atoms with E-state index in [0.29, 0.717) is 92.4 Å². The molecule has 0 aliphatic heterocycles. The maximum Gasteiger partial charge on any atom is 0.407 e. The first-order valence-corrected chi connectivity index (χ1v) is 13.0. The second-order valence-corrected chi connectivity index (χ2v) is 7.90. The minimum absolute atomic E-state index is 0.227. The van der Waals surface area contributed by atoms with Crippen molar-refractivity contribution in [3.63, 3.8) is 0 Å². The number of hydrogen-bond acceptors (Lipinski definition) is 11. The van der Waals surface area contributed by atoms with Crippen LogP contribution >= 0.6 is 0 Å². The summed E-state index contributed by atoms with van der Waals surface area (Å²) in [5.41, 5.74) is 0.927. The van der Waals surface area contributed by atoms with Gasteiger partial charge in [0.05, 0.1) is 79.3 Å². The number of benzene rings is 1. The maximum absolute atomic E-state index is 11.6. The molecular weight excluding hydrogens is 532 g/mol. The van der Waals surface area contributed by atoms with Gasteiger partial charge < -0.3 is 53.6 Å². The van der Waals surface area contributed by atoms with E-state index in [4.69, 9.17) is 38.3 Å². The topological polar surface area (TPSA) is 169 Å². The standard InChI is InChI=1S/C26H42N2O12/c29-24(21-39-22-25(30)31)27-6-8-33-10-12-35-14-16-37-18-19-38-17-15-36-13-11-34-9-7-28-26(32)40-20-23-4-2-1-3-5-23/h1-5H,6-22H2,(H,27,29)(H,28,32)(H,30,31). The van der Waals surface area contributed by atoms with Crippen molar-refractivity contribution in [2.45, 2.75) is 6.61 Å². The van der Waals surface area contributed by atoms with Crippen molar-refractivity contribution in [2.24, 2.45) is 0 Å². The Morgan fingerprint density at radius 3 is 1.50 bits per heavy atom. The molecule has 3 N–H and O–H groups in total. The Morgan fingerprint density at radius 1 is 0.575 bits per heavy atom. The summed E-state index contributed by atoms with van der Waals surface area (Å²) in [6.07, 6.45) is -0.482. The molecule has 0 aliphatic rings. The van der Waals surface area contributed by atoms with Crippen molar-refractivity contribution in [2.75, 3.05) is 106 Å². The van der Waals surface area contributed by atoms with E-state index in [9.17, 15) is 14.4 Å². The summed E-state index contributed by atoms with van der Waals surface area (Å²) < 4.78 is 42.1. The summed E-state index contributed by atoms with van der Waals surface area (Å²) in [6.45, 7) is 4.99. The number of carboxylic acids is 1. The quantitative estimate of drug-likeness (QED) is 0.122. The molecule has 0 radical (unpaired) electrons. The molecule has 0 heterocycles. The molecule has 1 aromatic rings. The molecule has 0 aromatic heterocycles. The van der Waals surface area contributed by atoms with Gasteiger partial charge in [-0.3, -0.25) is 4.79 Å². The predicted octanol–water partition coefficient (Wildman–Crippen LogP) is 0.230. The molecule has 2 amide bonds. The van der Waals surface area contributed by atoms with E-state index < -0.39 is 24.6 Å². The fourth-order valence-corrected chi connectivity index (χ4v) is 2.75. The van der Waals surface area contributed by atoms with Crippen LogP contribution in [0.25, 0.3) is 0 Å². The van der Waals surface area contributed by atoms with Crippen LogP contribution in [0.3, 0.4) is 0 Å². The third-order valence-corrected chi connectivity index (χ3v) is 4.62. The summed E-state index contributed by atoms with van der Waals surface area (Å²) >= 11 is 0. The number of alkyl carbamates (subject to hydrolysis) is 1. The first-order chi connectivity index (χ1) is 19.6. The fraction of sp³-hybridized carbons (Fsp3) is 0.654. The first-order valence-electron chi connectivity index (χ1n) is 13.0. The highest BCUT2D eigenvalue weighted by atomic mass is 16.6. The van der Waals surface area contributed by atoms with E-state index in [1.165, 1.54) is 0 Å². The normalized spacial score (nSPS) is 10.8. The van der Waals surface area contributed by atoms with Crippen molar-refractivity contribution < 1.29 is 57.4 Å². The van der Waals surface area contributed by atoms with E-state index in [2.05, 4.69) is 15.4 Å². The van der Waals surface area contributed by atoms with Crippen LogP contribution in [0.2, 0.25) is 0 Å². The lowest BCUT2D eigenvalue weighted by molar-refractivity contribution is -0.143. The molecular formula is C26H42N2O12. The number of carbonyl (C=O) groups excluding carboxylic acids is 2. The molecule has 14 heteroatoms. The monoisotopic (exact) mass is 574 g/mol. The van der Waals surface area contributed by atoms with E-state index in [0.717, 1.165) is 5.56 Å². The molecule has 40 heavy (non-hydrogen) atoms. The zero-order chi connectivity index (χ0) is 28.9. The van der Waals surface area contributed by atoms with Gasteiger partial charge in [-0.2, -0.15) is 0 Å². The zero-order valence-electron chi connectivity index (χ0n) is 22.8. The van der Waals surface area contributed by atoms with Crippen LogP contribution in [0.5, 0.6) is 0 Å². The molecule has 228 valence electrons. The minimum Gasteiger partial charge on any atom is -0.480 e. The van der Waals surface area contributed by atoms with Gasteiger partial charge in [-0.05, 0) is 5.56 Å². The second kappa shape index (κ2) is 26.4. The van der Waals surface area contributed by atoms with Crippen molar-refractivity contribution in [1.82, 2.24) is 10.6 Å². The highest BCUT2D eigenvalue weighted by Gasteiger charge is 2.03. The summed E-state index contributed by atoms with van der Waals surface area (Å²) in [7, 11) is 0. The lowest BCUT2D eigenvalue weighted by atomic mass is 10.2. The van der Waals surface area contributed by atoms with Gasteiger partial charge >= 0.3 is 12.1 Å². The van der Waals surface area contributed by atoms with Crippen molar-refractivity contribution in [1.29, 1.82) is 0 Å². The van der Waals surface area contributed by atoms with Crippen LogP contribution in [0, 0.1) is 0 Å². The lowest BCUT2D eigenvalue weighted by Crippen LogP contribution is -2.31. The van der Waals surface area contributed by atoms with Crippen LogP contribution in [-0.4, -0.2) is 129 Å². The lowest BCUT2D eigenvalue weighted by Gasteiger charge is -2.09. The molecule has 1 aromatic carbocycles. The van der Waals surface area contributed by atoms with Crippen molar-refractivity contribution in [3.8, 4) is 0 Å². The molecule has 1 rings (SSSR count). The molecule has 0 unspecified atom stereocenters. The Labute approximate surface area is 234 Å². The van der Waals surface area contributed by atoms with Gasteiger partial charge in [0.15, 0.2) is 0 Å². The van der Waals surface area contributed by atoms with E-state index in [1.807, 2.05) is 30.3 Å². The maximum atomic E-state index is 11.6. The van der Waals surface area contributed by atoms with Crippen LogP contribution in [0.4, 0.5) is 4.79 Å².